The highest BCUT2D eigenvalue weighted by atomic mass is 16.2. The molecule has 2 saturated heterocycles. The number of hydrogen-bond acceptors (Lipinski definition) is 16. The Morgan fingerprint density at radius 2 is 0.493 bits per heavy atom. The number of benzene rings is 11. The molecule has 0 aromatic heterocycles. The number of amides is 12. The summed E-state index contributed by atoms with van der Waals surface area (Å²) < 4.78 is 0. The van der Waals surface area contributed by atoms with E-state index in [2.05, 4.69) is 111 Å². The highest BCUT2D eigenvalue weighted by molar-refractivity contribution is 6.42. The SMILES string of the molecule is CC(C)c1ccc2c(c1)[C@@]1(C)CCC[C@@](C)(CN3C(=O)c4ccc5c6c(ccc(c46)C3=O)C(=O)N(CCCN3CCN(CCCN4C(=O)c6ccc7c8ccc9c%10c(ccc(c%11ccc(c6c7%11)C4=O)c%108)C(=O)N(CCCN4CCN(CCCN6C(=O)c7ccc8c%10c(ccc(c7%10)C6=O)C(=O)N(C[C@]6(C)CCC[C@]7(C)c%10cc(C(C)C)ccc%10CC[C@@H]67)C8=O)CC4)C9=O)CC3)C5=O)[C@@H]1CC2. The van der Waals surface area contributed by atoms with Crippen molar-refractivity contribution >= 4 is 136 Å². The van der Waals surface area contributed by atoms with E-state index in [1.165, 1.54) is 62.8 Å². The van der Waals surface area contributed by atoms with Crippen LogP contribution in [0.4, 0.5) is 0 Å². The van der Waals surface area contributed by atoms with Crippen molar-refractivity contribution < 1.29 is 57.5 Å². The van der Waals surface area contributed by atoms with Crippen LogP contribution in [-0.2, 0) is 23.7 Å². The first kappa shape index (κ1) is 86.1. The molecule has 12 amide bonds. The number of fused-ring (bicyclic) bond motifs is 8. The van der Waals surface area contributed by atoms with Gasteiger partial charge in [0.15, 0.2) is 0 Å². The van der Waals surface area contributed by atoms with Crippen LogP contribution < -0.4 is 0 Å². The third-order valence-corrected chi connectivity index (χ3v) is 34.7. The van der Waals surface area contributed by atoms with E-state index in [-0.39, 0.29) is 107 Å². The van der Waals surface area contributed by atoms with Crippen molar-refractivity contribution in [3.63, 3.8) is 0 Å². The van der Waals surface area contributed by atoms with E-state index in [0.29, 0.717) is 176 Å². The zero-order valence-corrected chi connectivity index (χ0v) is 78.0. The Morgan fingerprint density at radius 1 is 0.269 bits per heavy atom. The van der Waals surface area contributed by atoms with Gasteiger partial charge in [-0.15, -0.1) is 0 Å². The Morgan fingerprint density at radius 3 is 0.731 bits per heavy atom. The molecule has 12 aliphatic rings. The van der Waals surface area contributed by atoms with Crippen LogP contribution in [0.15, 0.2) is 133 Å². The Bertz CT molecular complexity index is 6420. The topological polar surface area (TPSA) is 237 Å². The fraction of sp³-hybridized carbons (Fsp3) is 0.429. The third-order valence-electron chi connectivity index (χ3n) is 34.7. The van der Waals surface area contributed by atoms with Gasteiger partial charge in [-0.3, -0.25) is 86.9 Å². The third kappa shape index (κ3) is 12.9. The van der Waals surface area contributed by atoms with Crippen LogP contribution in [0.3, 0.4) is 0 Å². The van der Waals surface area contributed by atoms with Gasteiger partial charge < -0.3 is 19.6 Å². The maximum absolute atomic E-state index is 14.8. The van der Waals surface area contributed by atoms with Crippen LogP contribution in [-0.4, -0.2) is 238 Å². The summed E-state index contributed by atoms with van der Waals surface area (Å²) in [4.78, 5) is 193. The Hall–Kier alpha value is -12.1. The summed E-state index contributed by atoms with van der Waals surface area (Å²) in [6.45, 7) is 28.4. The van der Waals surface area contributed by atoms with Gasteiger partial charge in [0.1, 0.15) is 0 Å². The Kier molecular flexibility index (Phi) is 20.4. The molecule has 0 unspecified atom stereocenters. The van der Waals surface area contributed by atoms with Gasteiger partial charge in [0.05, 0.1) is 0 Å². The van der Waals surface area contributed by atoms with Crippen molar-refractivity contribution in [1.82, 2.24) is 49.0 Å². The fourth-order valence-corrected chi connectivity index (χ4v) is 27.7. The van der Waals surface area contributed by atoms with E-state index in [0.717, 1.165) is 149 Å². The van der Waals surface area contributed by atoms with Crippen molar-refractivity contribution in [2.45, 2.75) is 168 Å². The molecule has 22 nitrogen and oxygen atoms in total. The summed E-state index contributed by atoms with van der Waals surface area (Å²) in [6, 6.07) is 42.4. The van der Waals surface area contributed by atoms with E-state index >= 15 is 0 Å². The minimum Gasteiger partial charge on any atom is -0.301 e. The first-order valence-corrected chi connectivity index (χ1v) is 49.3. The van der Waals surface area contributed by atoms with Crippen LogP contribution in [0.5, 0.6) is 0 Å². The number of carbonyl (C=O) groups excluding carboxylic acids is 12. The lowest BCUT2D eigenvalue weighted by Gasteiger charge is -2.56. The Balaban J connectivity index is 0.378. The smallest absolute Gasteiger partial charge is 0.261 e. The standard InChI is InChI=1S/C112H114N10O12/c1-63(2)67-17-15-65-19-37-87-109(5,39-9-41-111(87,7)85(65)59-67)61-121-105(131)81-33-29-77-93-78(30-34-82(95(81)93)106(121)132)102(128)119(101(77)127)49-13-45-115-55-51-113(52-56-115)43-11-47-117-97(123)73-25-21-69-71-23-27-75-92-76(28-24-72(90(71)92)70-22-26-74(98(117)124)91(73)89(69)70)100(126)118(99(75)125)48-12-44-114-53-57-116(58-54-114)46-14-50-120-103(129)79-31-35-83-96-84(36-32-80(94(79)96)104(120)130)108(134)122(107(83)133)62-110(6)40-10-42-112(8)86-60-68(64(3)4)18-16-66(86)20-38-88(110)112/h15-18,21-36,59-60,63-64,87-88H,9-14,19-20,37-58,61-62H2,1-8H3/t87-,88-,109-,110-,111+,112+/m0/s1. The summed E-state index contributed by atoms with van der Waals surface area (Å²) in [5, 5.41) is 7.61. The summed E-state index contributed by atoms with van der Waals surface area (Å²) in [5.41, 5.74) is 11.9. The highest BCUT2D eigenvalue weighted by Gasteiger charge is 2.57. The molecule has 11 aromatic carbocycles. The molecular formula is C112H114N10O12. The van der Waals surface area contributed by atoms with Crippen LogP contribution in [0.1, 0.15) is 302 Å². The average Bonchev–Trinajstić information content (AvgIpc) is 0.686. The molecule has 6 atom stereocenters. The van der Waals surface area contributed by atoms with Crippen molar-refractivity contribution in [2.75, 3.05) is 118 Å². The number of piperazine rings is 2. The predicted molar refractivity (Wildman–Crippen MR) is 515 cm³/mol. The van der Waals surface area contributed by atoms with Crippen LogP contribution in [0, 0.1) is 22.7 Å². The van der Waals surface area contributed by atoms with Crippen LogP contribution in [0.2, 0.25) is 0 Å². The molecule has 0 N–H and O–H groups in total. The normalized spacial score (nSPS) is 24.4. The quantitative estimate of drug-likeness (QED) is 0.0348. The largest absolute Gasteiger partial charge is 0.301 e. The molecule has 134 heavy (non-hydrogen) atoms. The highest BCUT2D eigenvalue weighted by Crippen LogP contribution is 2.61. The van der Waals surface area contributed by atoms with E-state index in [9.17, 15) is 57.5 Å². The van der Waals surface area contributed by atoms with E-state index < -0.39 is 23.6 Å². The number of rotatable bonds is 22. The van der Waals surface area contributed by atoms with Gasteiger partial charge in [0.2, 0.25) is 0 Å². The van der Waals surface area contributed by atoms with Gasteiger partial charge in [0, 0.05) is 191 Å². The lowest BCUT2D eigenvalue weighted by molar-refractivity contribution is 0.000132. The minimum atomic E-state index is -0.431. The molecule has 23 rings (SSSR count). The molecule has 11 aromatic rings. The first-order valence-electron chi connectivity index (χ1n) is 49.3. The second kappa shape index (κ2) is 31.8. The molecule has 4 fully saturated rings. The molecule has 4 aliphatic carbocycles. The summed E-state index contributed by atoms with van der Waals surface area (Å²) in [6.07, 6.45) is 12.0. The van der Waals surface area contributed by atoms with E-state index in [1.807, 2.05) is 48.5 Å². The zero-order chi connectivity index (χ0) is 92.5. The van der Waals surface area contributed by atoms with Crippen molar-refractivity contribution in [3.05, 3.63) is 234 Å². The molecule has 8 aliphatic heterocycles. The number of imide groups is 6. The lowest BCUT2D eigenvalue weighted by Crippen LogP contribution is -2.55. The van der Waals surface area contributed by atoms with Crippen LogP contribution in [0.25, 0.3) is 64.6 Å². The van der Waals surface area contributed by atoms with Gasteiger partial charge in [-0.2, -0.15) is 0 Å². The van der Waals surface area contributed by atoms with Gasteiger partial charge in [-0.1, -0.05) is 129 Å². The van der Waals surface area contributed by atoms with Gasteiger partial charge in [-0.25, -0.2) is 0 Å². The molecule has 0 radical (unpaired) electrons. The monoisotopic (exact) mass is 1790 g/mol. The van der Waals surface area contributed by atoms with Gasteiger partial charge >= 0.3 is 0 Å². The summed E-state index contributed by atoms with van der Waals surface area (Å²) >= 11 is 0. The van der Waals surface area contributed by atoms with Gasteiger partial charge in [0.25, 0.3) is 70.9 Å². The summed E-state index contributed by atoms with van der Waals surface area (Å²) in [7, 11) is 0. The van der Waals surface area contributed by atoms with E-state index in [1.54, 1.807) is 48.5 Å². The summed E-state index contributed by atoms with van der Waals surface area (Å²) in [5.74, 6) is -3.31. The second-order valence-corrected chi connectivity index (χ2v) is 42.7. The molecule has 22 heteroatoms. The van der Waals surface area contributed by atoms with Crippen molar-refractivity contribution in [1.29, 1.82) is 0 Å². The predicted octanol–water partition coefficient (Wildman–Crippen LogP) is 17.5. The molecule has 0 bridgehead atoms. The number of carbonyl (C=O) groups is 12. The molecule has 0 spiro atoms. The lowest BCUT2D eigenvalue weighted by atomic mass is 9.49. The first-order chi connectivity index (χ1) is 64.5. The zero-order valence-electron chi connectivity index (χ0n) is 78.0. The average molecular weight is 1790 g/mol. The maximum Gasteiger partial charge on any atom is 0.261 e. The maximum atomic E-state index is 14.8. The number of hydrogen-bond donors (Lipinski definition) is 0. The minimum absolute atomic E-state index is 0.0891. The van der Waals surface area contributed by atoms with Crippen LogP contribution >= 0.6 is 0 Å². The number of aryl methyl sites for hydroxylation is 2. The van der Waals surface area contributed by atoms with Crippen molar-refractivity contribution in [2.24, 2.45) is 22.7 Å². The van der Waals surface area contributed by atoms with Gasteiger partial charge in [-0.05, 0) is 287 Å². The number of nitrogens with zero attached hydrogens (tertiary/aromatic N) is 10. The fourth-order valence-electron chi connectivity index (χ4n) is 27.7. The van der Waals surface area contributed by atoms with E-state index in [4.69, 9.17) is 0 Å². The second-order valence-electron chi connectivity index (χ2n) is 42.7. The molecule has 684 valence electrons. The Labute approximate surface area is 779 Å². The van der Waals surface area contributed by atoms with Crippen molar-refractivity contribution in [3.8, 4) is 0 Å². The molecule has 8 heterocycles. The molecule has 2 saturated carbocycles. The molecular weight excluding hydrogens is 1680 g/mol.